The second kappa shape index (κ2) is 6.46. The number of hydrogen-bond donors (Lipinski definition) is 2. The van der Waals surface area contributed by atoms with E-state index in [0.717, 1.165) is 44.3 Å². The van der Waals surface area contributed by atoms with Gasteiger partial charge in [-0.2, -0.15) is 0 Å². The highest BCUT2D eigenvalue weighted by Gasteiger charge is 2.45. The third-order valence-corrected chi connectivity index (χ3v) is 6.42. The van der Waals surface area contributed by atoms with Crippen LogP contribution in [0.2, 0.25) is 0 Å². The molecule has 28 heavy (non-hydrogen) atoms. The van der Waals surface area contributed by atoms with E-state index in [4.69, 9.17) is 4.42 Å². The number of pyridine rings is 1. The van der Waals surface area contributed by atoms with Crippen LogP contribution in [0.25, 0.3) is 11.6 Å². The molecule has 8 nitrogen and oxygen atoms in total. The molecule has 0 unspecified atom stereocenters. The first kappa shape index (κ1) is 17.5. The van der Waals surface area contributed by atoms with Gasteiger partial charge in [-0.3, -0.25) is 9.59 Å². The van der Waals surface area contributed by atoms with Gasteiger partial charge in [0.1, 0.15) is 11.7 Å². The molecule has 2 saturated carbocycles. The highest BCUT2D eigenvalue weighted by atomic mass is 16.4. The van der Waals surface area contributed by atoms with Crippen molar-refractivity contribution in [1.82, 2.24) is 20.1 Å². The zero-order valence-corrected chi connectivity index (χ0v) is 16.0. The Morgan fingerprint density at radius 3 is 2.64 bits per heavy atom. The Bertz CT molecular complexity index is 947. The summed E-state index contributed by atoms with van der Waals surface area (Å²) in [5.41, 5.74) is 1.74. The van der Waals surface area contributed by atoms with Gasteiger partial charge in [0.2, 0.25) is 5.91 Å². The summed E-state index contributed by atoms with van der Waals surface area (Å²) in [5, 5.41) is 11.0. The van der Waals surface area contributed by atoms with Gasteiger partial charge in [0, 0.05) is 18.7 Å². The van der Waals surface area contributed by atoms with Gasteiger partial charge in [0.05, 0.1) is 0 Å². The molecule has 0 aromatic carbocycles. The Labute approximate surface area is 162 Å². The van der Waals surface area contributed by atoms with Crippen LogP contribution in [0.15, 0.2) is 21.3 Å². The molecule has 5 rings (SSSR count). The Kier molecular flexibility index (Phi) is 4.03. The minimum atomic E-state index is -0.446. The molecule has 2 aliphatic carbocycles. The van der Waals surface area contributed by atoms with E-state index >= 15 is 0 Å². The Balaban J connectivity index is 1.23. The van der Waals surface area contributed by atoms with Crippen molar-refractivity contribution in [1.29, 1.82) is 0 Å². The number of rotatable bonds is 5. The monoisotopic (exact) mass is 383 g/mol. The minimum Gasteiger partial charge on any atom is -0.402 e. The number of piperidine rings is 1. The van der Waals surface area contributed by atoms with Gasteiger partial charge in [-0.1, -0.05) is 11.2 Å². The van der Waals surface area contributed by atoms with Crippen LogP contribution in [-0.4, -0.2) is 45.1 Å². The molecule has 2 aromatic heterocycles. The van der Waals surface area contributed by atoms with E-state index in [-0.39, 0.29) is 23.4 Å². The van der Waals surface area contributed by atoms with Crippen molar-refractivity contribution in [3.05, 3.63) is 28.0 Å². The maximum atomic E-state index is 12.7. The van der Waals surface area contributed by atoms with E-state index in [2.05, 4.69) is 20.5 Å². The van der Waals surface area contributed by atoms with Crippen LogP contribution < -0.4 is 10.9 Å². The van der Waals surface area contributed by atoms with Gasteiger partial charge in [-0.05, 0) is 62.8 Å². The lowest BCUT2D eigenvalue weighted by atomic mass is 9.93. The first-order valence-corrected chi connectivity index (χ1v) is 10.2. The van der Waals surface area contributed by atoms with Crippen LogP contribution in [0.1, 0.15) is 56.9 Å². The van der Waals surface area contributed by atoms with Crippen molar-refractivity contribution in [2.75, 3.05) is 18.4 Å². The lowest BCUT2D eigenvalue weighted by Crippen LogP contribution is -2.45. The number of anilines is 1. The van der Waals surface area contributed by atoms with Gasteiger partial charge in [-0.25, -0.2) is 0 Å². The van der Waals surface area contributed by atoms with Crippen LogP contribution in [0, 0.1) is 5.41 Å². The standard InChI is InChI=1S/C20H25N5O3/c1-12(18(27)25-10-8-20(6-7-20)9-11-25)21-19-24-23-17(28-19)15-5-4-14(13-2-3-13)16(26)22-15/h4-5,12-13H,2-3,6-11H2,1H3,(H,21,24)(H,22,26)/t12-/m1/s1. The molecule has 3 aliphatic rings. The highest BCUT2D eigenvalue weighted by molar-refractivity contribution is 5.83. The summed E-state index contributed by atoms with van der Waals surface area (Å²) in [5.74, 6) is 0.668. The molecule has 2 aromatic rings. The summed E-state index contributed by atoms with van der Waals surface area (Å²) in [4.78, 5) is 29.6. The lowest BCUT2D eigenvalue weighted by Gasteiger charge is -2.33. The van der Waals surface area contributed by atoms with E-state index in [0.29, 0.717) is 17.0 Å². The fraction of sp³-hybridized carbons (Fsp3) is 0.600. The Morgan fingerprint density at radius 2 is 2.00 bits per heavy atom. The molecule has 1 atom stereocenters. The second-order valence-electron chi connectivity index (χ2n) is 8.53. The van der Waals surface area contributed by atoms with Gasteiger partial charge in [0.15, 0.2) is 0 Å². The van der Waals surface area contributed by atoms with Crippen LogP contribution in [0.5, 0.6) is 0 Å². The molecule has 1 saturated heterocycles. The molecule has 1 amide bonds. The number of amides is 1. The summed E-state index contributed by atoms with van der Waals surface area (Å²) < 4.78 is 5.62. The minimum absolute atomic E-state index is 0.0532. The second-order valence-corrected chi connectivity index (χ2v) is 8.53. The molecule has 1 aliphatic heterocycles. The summed E-state index contributed by atoms with van der Waals surface area (Å²) in [6, 6.07) is 3.36. The third kappa shape index (κ3) is 3.31. The van der Waals surface area contributed by atoms with Crippen molar-refractivity contribution in [2.45, 2.75) is 57.4 Å². The van der Waals surface area contributed by atoms with E-state index in [1.807, 2.05) is 11.0 Å². The van der Waals surface area contributed by atoms with Gasteiger partial charge in [-0.15, -0.1) is 5.10 Å². The van der Waals surface area contributed by atoms with Gasteiger partial charge < -0.3 is 19.6 Å². The molecular formula is C20H25N5O3. The third-order valence-electron chi connectivity index (χ3n) is 6.42. The van der Waals surface area contributed by atoms with Crippen LogP contribution in [0.4, 0.5) is 6.01 Å². The van der Waals surface area contributed by atoms with Crippen LogP contribution >= 0.6 is 0 Å². The first-order valence-electron chi connectivity index (χ1n) is 10.2. The number of carbonyl (C=O) groups is 1. The molecule has 1 spiro atoms. The molecular weight excluding hydrogens is 358 g/mol. The highest BCUT2D eigenvalue weighted by Crippen LogP contribution is 2.53. The maximum absolute atomic E-state index is 12.7. The fourth-order valence-electron chi connectivity index (χ4n) is 4.11. The largest absolute Gasteiger partial charge is 0.402 e. The quantitative estimate of drug-likeness (QED) is 0.822. The van der Waals surface area contributed by atoms with Crippen molar-refractivity contribution < 1.29 is 9.21 Å². The summed E-state index contributed by atoms with van der Waals surface area (Å²) >= 11 is 0. The van der Waals surface area contributed by atoms with E-state index in [9.17, 15) is 9.59 Å². The molecule has 148 valence electrons. The van der Waals surface area contributed by atoms with E-state index in [1.54, 1.807) is 13.0 Å². The molecule has 8 heteroatoms. The molecule has 3 fully saturated rings. The average molecular weight is 383 g/mol. The number of likely N-dealkylation sites (tertiary alicyclic amines) is 1. The van der Waals surface area contributed by atoms with Gasteiger partial charge in [0.25, 0.3) is 11.4 Å². The van der Waals surface area contributed by atoms with Crippen molar-refractivity contribution in [3.63, 3.8) is 0 Å². The van der Waals surface area contributed by atoms with Crippen LogP contribution in [0.3, 0.4) is 0 Å². The van der Waals surface area contributed by atoms with Crippen molar-refractivity contribution >= 4 is 11.9 Å². The zero-order valence-electron chi connectivity index (χ0n) is 16.0. The summed E-state index contributed by atoms with van der Waals surface area (Å²) in [7, 11) is 0. The smallest absolute Gasteiger partial charge is 0.316 e. The molecule has 0 bridgehead atoms. The fourth-order valence-corrected chi connectivity index (χ4v) is 4.11. The Morgan fingerprint density at radius 1 is 1.25 bits per heavy atom. The molecule has 2 N–H and O–H groups in total. The lowest BCUT2D eigenvalue weighted by molar-refractivity contribution is -0.133. The van der Waals surface area contributed by atoms with Crippen molar-refractivity contribution in [2.24, 2.45) is 5.41 Å². The number of aromatic amines is 1. The maximum Gasteiger partial charge on any atom is 0.316 e. The zero-order chi connectivity index (χ0) is 19.3. The SMILES string of the molecule is C[C@@H](Nc1nnc(-c2ccc(C3CC3)c(=O)[nH]2)o1)C(=O)N1CCC2(CC1)CC2. The topological polar surface area (TPSA) is 104 Å². The number of carbonyl (C=O) groups excluding carboxylic acids is 1. The van der Waals surface area contributed by atoms with E-state index < -0.39 is 6.04 Å². The molecule has 0 radical (unpaired) electrons. The normalized spacial score (nSPS) is 21.5. The average Bonchev–Trinajstić information content (AvgIpc) is 3.62. The predicted molar refractivity (Wildman–Crippen MR) is 103 cm³/mol. The Hall–Kier alpha value is -2.64. The number of hydrogen-bond acceptors (Lipinski definition) is 6. The van der Waals surface area contributed by atoms with Crippen molar-refractivity contribution in [3.8, 4) is 11.6 Å². The van der Waals surface area contributed by atoms with E-state index in [1.165, 1.54) is 12.8 Å². The summed E-state index contributed by atoms with van der Waals surface area (Å²) in [6.07, 6.45) is 7.00. The van der Waals surface area contributed by atoms with Gasteiger partial charge >= 0.3 is 6.01 Å². The predicted octanol–water partition coefficient (Wildman–Crippen LogP) is 2.51. The summed E-state index contributed by atoms with van der Waals surface area (Å²) in [6.45, 7) is 3.46. The number of nitrogens with zero attached hydrogens (tertiary/aromatic N) is 3. The van der Waals surface area contributed by atoms with Crippen LogP contribution in [-0.2, 0) is 4.79 Å². The number of nitrogens with one attached hydrogen (secondary N) is 2. The number of H-pyrrole nitrogens is 1. The molecule has 3 heterocycles. The number of aromatic nitrogens is 3. The first-order chi connectivity index (χ1) is 13.5.